The minimum Gasteiger partial charge on any atom is -0.391 e. The van der Waals surface area contributed by atoms with Crippen LogP contribution < -0.4 is 0 Å². The highest BCUT2D eigenvalue weighted by atomic mass is 16.5. The minimum atomic E-state index is -0.300. The summed E-state index contributed by atoms with van der Waals surface area (Å²) in [7, 11) is 0. The summed E-state index contributed by atoms with van der Waals surface area (Å²) in [6.45, 7) is 4.23. The average Bonchev–Trinajstić information content (AvgIpc) is 2.98. The number of hydrogen-bond acceptors (Lipinski definition) is 3. The smallest absolute Gasteiger partial charge is 0.106 e. The first-order valence-electron chi connectivity index (χ1n) is 7.06. The summed E-state index contributed by atoms with van der Waals surface area (Å²) >= 11 is 0. The lowest BCUT2D eigenvalue weighted by Gasteiger charge is -2.21. The molecular formula is C14H22N2O2. The lowest BCUT2D eigenvalue weighted by molar-refractivity contribution is 0.0765. The lowest BCUT2D eigenvalue weighted by Crippen LogP contribution is -2.27. The van der Waals surface area contributed by atoms with E-state index in [-0.39, 0.29) is 6.10 Å². The van der Waals surface area contributed by atoms with E-state index >= 15 is 0 Å². The number of aryl methyl sites for hydroxylation is 2. The van der Waals surface area contributed by atoms with Crippen LogP contribution in [0.25, 0.3) is 0 Å². The van der Waals surface area contributed by atoms with Crippen molar-refractivity contribution in [1.29, 1.82) is 0 Å². The molecule has 2 atom stereocenters. The van der Waals surface area contributed by atoms with E-state index in [4.69, 9.17) is 4.74 Å². The number of ether oxygens (including phenoxy) is 1. The lowest BCUT2D eigenvalue weighted by atomic mass is 9.99. The zero-order valence-corrected chi connectivity index (χ0v) is 11.1. The van der Waals surface area contributed by atoms with Crippen LogP contribution in [0.4, 0.5) is 0 Å². The van der Waals surface area contributed by atoms with Crippen LogP contribution in [-0.4, -0.2) is 34.0 Å². The Bertz CT molecular complexity index is 422. The number of aliphatic hydroxyl groups is 1. The van der Waals surface area contributed by atoms with Crippen LogP contribution in [0.3, 0.4) is 0 Å². The molecule has 1 aliphatic heterocycles. The van der Waals surface area contributed by atoms with Crippen molar-refractivity contribution in [1.82, 2.24) is 9.55 Å². The van der Waals surface area contributed by atoms with Gasteiger partial charge in [0.15, 0.2) is 0 Å². The number of aliphatic hydroxyl groups excluding tert-OH is 1. The fraction of sp³-hybridized carbons (Fsp3) is 0.786. The van der Waals surface area contributed by atoms with Gasteiger partial charge in [-0.15, -0.1) is 0 Å². The normalized spacial score (nSPS) is 25.1. The molecule has 2 heterocycles. The van der Waals surface area contributed by atoms with E-state index in [1.54, 1.807) is 0 Å². The van der Waals surface area contributed by atoms with Crippen molar-refractivity contribution >= 4 is 0 Å². The van der Waals surface area contributed by atoms with Gasteiger partial charge in [0.25, 0.3) is 0 Å². The maximum atomic E-state index is 10.3. The van der Waals surface area contributed by atoms with Crippen molar-refractivity contribution in [2.75, 3.05) is 13.2 Å². The Morgan fingerprint density at radius 2 is 2.28 bits per heavy atom. The summed E-state index contributed by atoms with van der Waals surface area (Å²) < 4.78 is 7.59. The molecule has 4 heteroatoms. The summed E-state index contributed by atoms with van der Waals surface area (Å²) in [6, 6.07) is 0. The van der Waals surface area contributed by atoms with E-state index in [9.17, 15) is 5.11 Å². The predicted octanol–water partition coefficient (Wildman–Crippen LogP) is 1.47. The standard InChI is InChI=1S/C14H22N2O2/c1-10-15-12-4-2-3-5-13(12)16(10)8-14(17)11-6-7-18-9-11/h11,14,17H,2-9H2,1H3. The van der Waals surface area contributed by atoms with Crippen LogP contribution in [-0.2, 0) is 24.1 Å². The Balaban J connectivity index is 1.77. The molecule has 0 radical (unpaired) electrons. The highest BCUT2D eigenvalue weighted by molar-refractivity contribution is 5.20. The van der Waals surface area contributed by atoms with E-state index in [2.05, 4.69) is 16.5 Å². The second-order valence-corrected chi connectivity index (χ2v) is 5.56. The molecule has 0 spiro atoms. The van der Waals surface area contributed by atoms with Crippen LogP contribution in [0.2, 0.25) is 0 Å². The van der Waals surface area contributed by atoms with Gasteiger partial charge in [-0.3, -0.25) is 0 Å². The third kappa shape index (κ3) is 2.19. The molecule has 4 nitrogen and oxygen atoms in total. The SMILES string of the molecule is Cc1nc2c(n1CC(O)C1CCOC1)CCCC2. The van der Waals surface area contributed by atoms with Gasteiger partial charge >= 0.3 is 0 Å². The van der Waals surface area contributed by atoms with Crippen molar-refractivity contribution in [3.05, 3.63) is 17.2 Å². The van der Waals surface area contributed by atoms with Crippen LogP contribution in [0.1, 0.15) is 36.5 Å². The molecule has 1 fully saturated rings. The van der Waals surface area contributed by atoms with Gasteiger partial charge in [0.05, 0.1) is 24.9 Å². The molecule has 100 valence electrons. The summed E-state index contributed by atoms with van der Waals surface area (Å²) in [5.74, 6) is 1.35. The van der Waals surface area contributed by atoms with E-state index < -0.39 is 0 Å². The van der Waals surface area contributed by atoms with Crippen LogP contribution in [0.5, 0.6) is 0 Å². The molecule has 3 rings (SSSR count). The summed E-state index contributed by atoms with van der Waals surface area (Å²) in [4.78, 5) is 4.65. The molecule has 0 aromatic carbocycles. The Kier molecular flexibility index (Phi) is 3.39. The van der Waals surface area contributed by atoms with Crippen molar-refractivity contribution in [3.8, 4) is 0 Å². The Morgan fingerprint density at radius 3 is 3.06 bits per heavy atom. The average molecular weight is 250 g/mol. The zero-order chi connectivity index (χ0) is 12.5. The molecule has 1 aromatic rings. The number of aromatic nitrogens is 2. The van der Waals surface area contributed by atoms with Gasteiger partial charge in [0, 0.05) is 18.2 Å². The van der Waals surface area contributed by atoms with Crippen molar-refractivity contribution in [2.24, 2.45) is 5.92 Å². The number of rotatable bonds is 3. The topological polar surface area (TPSA) is 47.3 Å². The molecule has 0 saturated carbocycles. The van der Waals surface area contributed by atoms with Gasteiger partial charge in [-0.2, -0.15) is 0 Å². The van der Waals surface area contributed by atoms with Crippen LogP contribution in [0.15, 0.2) is 0 Å². The van der Waals surface area contributed by atoms with Gasteiger partial charge in [0.2, 0.25) is 0 Å². The summed E-state index contributed by atoms with van der Waals surface area (Å²) in [5.41, 5.74) is 2.62. The van der Waals surface area contributed by atoms with E-state index in [0.29, 0.717) is 19.1 Å². The first-order valence-corrected chi connectivity index (χ1v) is 7.06. The van der Waals surface area contributed by atoms with Crippen LogP contribution >= 0.6 is 0 Å². The molecule has 1 aromatic heterocycles. The molecule has 2 aliphatic rings. The van der Waals surface area contributed by atoms with Crippen molar-refractivity contribution < 1.29 is 9.84 Å². The molecule has 2 unspecified atom stereocenters. The monoisotopic (exact) mass is 250 g/mol. The highest BCUT2D eigenvalue weighted by Crippen LogP contribution is 2.24. The fourth-order valence-corrected chi connectivity index (χ4v) is 3.17. The molecule has 0 bridgehead atoms. The molecule has 0 amide bonds. The number of nitrogens with zero attached hydrogens (tertiary/aromatic N) is 2. The summed E-state index contributed by atoms with van der Waals surface area (Å²) in [6.07, 6.45) is 5.40. The number of fused-ring (bicyclic) bond motifs is 1. The maximum absolute atomic E-state index is 10.3. The van der Waals surface area contributed by atoms with Gasteiger partial charge < -0.3 is 14.4 Å². The first kappa shape index (κ1) is 12.2. The second-order valence-electron chi connectivity index (χ2n) is 5.56. The Morgan fingerprint density at radius 1 is 1.44 bits per heavy atom. The maximum Gasteiger partial charge on any atom is 0.106 e. The van der Waals surface area contributed by atoms with E-state index in [0.717, 1.165) is 31.7 Å². The highest BCUT2D eigenvalue weighted by Gasteiger charge is 2.26. The van der Waals surface area contributed by atoms with Gasteiger partial charge in [-0.25, -0.2) is 4.98 Å². The minimum absolute atomic E-state index is 0.297. The second kappa shape index (κ2) is 5.02. The van der Waals surface area contributed by atoms with E-state index in [1.165, 1.54) is 24.2 Å². The van der Waals surface area contributed by atoms with Crippen molar-refractivity contribution in [3.63, 3.8) is 0 Å². The quantitative estimate of drug-likeness (QED) is 0.883. The third-order valence-electron chi connectivity index (χ3n) is 4.30. The van der Waals surface area contributed by atoms with E-state index in [1.807, 2.05) is 0 Å². The van der Waals surface area contributed by atoms with Crippen LogP contribution in [0, 0.1) is 12.8 Å². The third-order valence-corrected chi connectivity index (χ3v) is 4.30. The Hall–Kier alpha value is -0.870. The van der Waals surface area contributed by atoms with Gasteiger partial charge in [-0.05, 0) is 39.0 Å². The first-order chi connectivity index (χ1) is 8.75. The van der Waals surface area contributed by atoms with Crippen molar-refractivity contribution in [2.45, 2.75) is 51.7 Å². The molecule has 1 saturated heterocycles. The Labute approximate surface area is 108 Å². The summed E-state index contributed by atoms with van der Waals surface area (Å²) in [5, 5.41) is 10.3. The van der Waals surface area contributed by atoms with Gasteiger partial charge in [-0.1, -0.05) is 0 Å². The predicted molar refractivity (Wildman–Crippen MR) is 68.5 cm³/mol. The molecule has 1 N–H and O–H groups in total. The number of hydrogen-bond donors (Lipinski definition) is 1. The zero-order valence-electron chi connectivity index (χ0n) is 11.1. The molecular weight excluding hydrogens is 228 g/mol. The fourth-order valence-electron chi connectivity index (χ4n) is 3.17. The van der Waals surface area contributed by atoms with Gasteiger partial charge in [0.1, 0.15) is 5.82 Å². The molecule has 18 heavy (non-hydrogen) atoms. The molecule has 1 aliphatic carbocycles. The number of imidazole rings is 1. The largest absolute Gasteiger partial charge is 0.391 e.